The van der Waals surface area contributed by atoms with E-state index in [2.05, 4.69) is 33.9 Å². The Labute approximate surface area is 128 Å². The summed E-state index contributed by atoms with van der Waals surface area (Å²) in [6, 6.07) is 15.3. The zero-order valence-corrected chi connectivity index (χ0v) is 14.5. The fourth-order valence-electron chi connectivity index (χ4n) is 1.91. The molecule has 0 aliphatic carbocycles. The fraction of sp³-hybridized carbons (Fsp3) is 0.333. The smallest absolute Gasteiger partial charge is 0.250 e. The molecule has 0 aliphatic rings. The lowest BCUT2D eigenvalue weighted by Crippen LogP contribution is -2.43. The number of hydrogen-bond acceptors (Lipinski definition) is 2. The maximum absolute atomic E-state index is 10.1. The van der Waals surface area contributed by atoms with Gasteiger partial charge in [-0.15, -0.1) is 0 Å². The molecule has 112 valence electrons. The number of aromatic hydroxyl groups is 1. The lowest BCUT2D eigenvalue weighted by molar-refractivity contribution is 0.475. The van der Waals surface area contributed by atoms with Crippen LogP contribution in [0.3, 0.4) is 0 Å². The molecule has 0 aliphatic heterocycles. The zero-order valence-electron chi connectivity index (χ0n) is 13.5. The summed E-state index contributed by atoms with van der Waals surface area (Å²) in [5.74, 6) is 1.13. The van der Waals surface area contributed by atoms with E-state index in [0.29, 0.717) is 0 Å². The van der Waals surface area contributed by atoms with E-state index < -0.39 is 8.32 Å². The molecule has 0 unspecified atom stereocenters. The van der Waals surface area contributed by atoms with Gasteiger partial charge >= 0.3 is 0 Å². The van der Waals surface area contributed by atoms with Crippen LogP contribution in [-0.4, -0.2) is 13.4 Å². The van der Waals surface area contributed by atoms with E-state index in [1.54, 1.807) is 6.07 Å². The van der Waals surface area contributed by atoms with Gasteiger partial charge in [-0.2, -0.15) is 0 Å². The van der Waals surface area contributed by atoms with E-state index in [4.69, 9.17) is 4.43 Å². The standard InChI is InChI=1S/C18H24O2Si/c1-18(2,3)21(4,5)20-17-13-9-7-11-15(17)14-10-6-8-12-16(14)19/h6-13,19H,1-5H3. The molecule has 2 aromatic rings. The second-order valence-corrected chi connectivity index (χ2v) is 11.6. The Hall–Kier alpha value is -1.74. The highest BCUT2D eigenvalue weighted by molar-refractivity contribution is 6.74. The van der Waals surface area contributed by atoms with Gasteiger partial charge in [-0.05, 0) is 30.3 Å². The van der Waals surface area contributed by atoms with Crippen LogP contribution in [0.4, 0.5) is 0 Å². The summed E-state index contributed by atoms with van der Waals surface area (Å²) in [7, 11) is -1.91. The first-order chi connectivity index (χ1) is 9.72. The van der Waals surface area contributed by atoms with Crippen molar-refractivity contribution in [3.05, 3.63) is 48.5 Å². The molecule has 0 saturated heterocycles. The summed E-state index contributed by atoms with van der Waals surface area (Å²) < 4.78 is 6.43. The molecule has 3 heteroatoms. The molecule has 0 spiro atoms. The first kappa shape index (κ1) is 15.6. The van der Waals surface area contributed by atoms with E-state index in [1.807, 2.05) is 42.5 Å². The summed E-state index contributed by atoms with van der Waals surface area (Å²) in [4.78, 5) is 0. The Balaban J connectivity index is 2.46. The molecule has 1 N–H and O–H groups in total. The minimum atomic E-state index is -1.91. The van der Waals surface area contributed by atoms with Crippen LogP contribution in [0, 0.1) is 0 Å². The van der Waals surface area contributed by atoms with Gasteiger partial charge in [0.05, 0.1) is 0 Å². The third-order valence-electron chi connectivity index (χ3n) is 4.25. The lowest BCUT2D eigenvalue weighted by Gasteiger charge is -2.37. The van der Waals surface area contributed by atoms with Gasteiger partial charge in [0.25, 0.3) is 8.32 Å². The van der Waals surface area contributed by atoms with Gasteiger partial charge in [0.1, 0.15) is 11.5 Å². The minimum absolute atomic E-state index is 0.138. The first-order valence-electron chi connectivity index (χ1n) is 7.29. The Morgan fingerprint density at radius 1 is 0.857 bits per heavy atom. The molecule has 0 heterocycles. The number of phenols is 1. The van der Waals surface area contributed by atoms with Crippen molar-refractivity contribution in [2.24, 2.45) is 0 Å². The predicted octanol–water partition coefficient (Wildman–Crippen LogP) is 5.44. The van der Waals surface area contributed by atoms with Gasteiger partial charge < -0.3 is 9.53 Å². The topological polar surface area (TPSA) is 29.5 Å². The number of rotatable bonds is 3. The monoisotopic (exact) mass is 300 g/mol. The highest BCUT2D eigenvalue weighted by Gasteiger charge is 2.39. The zero-order chi connectivity index (χ0) is 15.7. The largest absolute Gasteiger partial charge is 0.543 e. The summed E-state index contributed by atoms with van der Waals surface area (Å²) in [6.07, 6.45) is 0. The number of benzene rings is 2. The van der Waals surface area contributed by atoms with Gasteiger partial charge in [-0.3, -0.25) is 0 Å². The van der Waals surface area contributed by atoms with Crippen LogP contribution in [0.2, 0.25) is 18.1 Å². The third-order valence-corrected chi connectivity index (χ3v) is 8.60. The van der Waals surface area contributed by atoms with Crippen LogP contribution in [-0.2, 0) is 0 Å². The van der Waals surface area contributed by atoms with Gasteiger partial charge in [0.15, 0.2) is 0 Å². The molecule has 0 saturated carbocycles. The number of para-hydroxylation sites is 2. The van der Waals surface area contributed by atoms with Crippen LogP contribution in [0.5, 0.6) is 11.5 Å². The Morgan fingerprint density at radius 2 is 1.38 bits per heavy atom. The van der Waals surface area contributed by atoms with E-state index in [1.165, 1.54) is 0 Å². The van der Waals surface area contributed by atoms with Crippen LogP contribution < -0.4 is 4.43 Å². The van der Waals surface area contributed by atoms with Crippen LogP contribution in [0.1, 0.15) is 20.8 Å². The molecule has 2 rings (SSSR count). The van der Waals surface area contributed by atoms with E-state index in [9.17, 15) is 5.11 Å². The molecule has 0 fully saturated rings. The predicted molar refractivity (Wildman–Crippen MR) is 91.4 cm³/mol. The van der Waals surface area contributed by atoms with Crippen molar-refractivity contribution >= 4 is 8.32 Å². The highest BCUT2D eigenvalue weighted by atomic mass is 28.4. The molecular formula is C18H24O2Si. The fourth-order valence-corrected chi connectivity index (χ4v) is 2.94. The van der Waals surface area contributed by atoms with Crippen molar-refractivity contribution in [2.45, 2.75) is 38.9 Å². The van der Waals surface area contributed by atoms with E-state index in [0.717, 1.165) is 16.9 Å². The highest BCUT2D eigenvalue weighted by Crippen LogP contribution is 2.41. The quantitative estimate of drug-likeness (QED) is 0.764. The maximum atomic E-state index is 10.1. The van der Waals surface area contributed by atoms with Gasteiger partial charge in [0.2, 0.25) is 0 Å². The van der Waals surface area contributed by atoms with Crippen molar-refractivity contribution in [2.75, 3.05) is 0 Å². The molecule has 0 amide bonds. The molecule has 0 atom stereocenters. The molecule has 0 radical (unpaired) electrons. The van der Waals surface area contributed by atoms with E-state index in [-0.39, 0.29) is 10.8 Å². The molecular weight excluding hydrogens is 276 g/mol. The van der Waals surface area contributed by atoms with Crippen LogP contribution in [0.15, 0.2) is 48.5 Å². The lowest BCUT2D eigenvalue weighted by atomic mass is 10.0. The average Bonchev–Trinajstić information content (AvgIpc) is 2.38. The number of phenolic OH excluding ortho intramolecular Hbond substituents is 1. The molecule has 0 bridgehead atoms. The Morgan fingerprint density at radius 3 is 1.95 bits per heavy atom. The normalized spacial score (nSPS) is 12.2. The second-order valence-electron chi connectivity index (χ2n) is 6.88. The third kappa shape index (κ3) is 3.30. The summed E-state index contributed by atoms with van der Waals surface area (Å²) >= 11 is 0. The van der Waals surface area contributed by atoms with Crippen molar-refractivity contribution in [1.82, 2.24) is 0 Å². The minimum Gasteiger partial charge on any atom is -0.543 e. The van der Waals surface area contributed by atoms with Gasteiger partial charge in [0, 0.05) is 11.1 Å². The maximum Gasteiger partial charge on any atom is 0.250 e. The molecule has 0 aromatic heterocycles. The summed E-state index contributed by atoms with van der Waals surface area (Å²) in [6.45, 7) is 11.1. The number of hydrogen-bond donors (Lipinski definition) is 1. The van der Waals surface area contributed by atoms with Crippen molar-refractivity contribution < 1.29 is 9.53 Å². The van der Waals surface area contributed by atoms with Gasteiger partial charge in [-0.25, -0.2) is 0 Å². The second kappa shape index (κ2) is 5.56. The van der Waals surface area contributed by atoms with E-state index >= 15 is 0 Å². The summed E-state index contributed by atoms with van der Waals surface area (Å²) in [5.41, 5.74) is 1.76. The molecule has 21 heavy (non-hydrogen) atoms. The Bertz CT molecular complexity index is 627. The van der Waals surface area contributed by atoms with Crippen LogP contribution in [0.25, 0.3) is 11.1 Å². The SMILES string of the molecule is CC(C)(C)[Si](C)(C)Oc1ccccc1-c1ccccc1O. The van der Waals surface area contributed by atoms with Gasteiger partial charge in [-0.1, -0.05) is 57.2 Å². The van der Waals surface area contributed by atoms with Crippen molar-refractivity contribution in [3.63, 3.8) is 0 Å². The first-order valence-corrected chi connectivity index (χ1v) is 10.2. The summed E-state index contributed by atoms with van der Waals surface area (Å²) in [5, 5.41) is 10.2. The van der Waals surface area contributed by atoms with Crippen LogP contribution >= 0.6 is 0 Å². The Kier molecular flexibility index (Phi) is 4.15. The van der Waals surface area contributed by atoms with Crippen molar-refractivity contribution in [3.8, 4) is 22.6 Å². The van der Waals surface area contributed by atoms with Crippen molar-refractivity contribution in [1.29, 1.82) is 0 Å². The molecule has 2 nitrogen and oxygen atoms in total. The average molecular weight is 300 g/mol. The molecule has 2 aromatic carbocycles.